The van der Waals surface area contributed by atoms with Crippen molar-refractivity contribution in [1.82, 2.24) is 20.5 Å². The molecule has 2 aromatic rings. The van der Waals surface area contributed by atoms with Crippen LogP contribution in [0.1, 0.15) is 23.2 Å². The zero-order valence-electron chi connectivity index (χ0n) is 11.8. The smallest absolute Gasteiger partial charge is 0.254 e. The Labute approximate surface area is 123 Å². The summed E-state index contributed by atoms with van der Waals surface area (Å²) in [5.74, 6) is 1.40. The van der Waals surface area contributed by atoms with Crippen molar-refractivity contribution in [2.24, 2.45) is 5.92 Å². The van der Waals surface area contributed by atoms with Crippen molar-refractivity contribution < 1.29 is 4.79 Å². The highest BCUT2D eigenvalue weighted by Crippen LogP contribution is 2.20. The third-order valence-electron chi connectivity index (χ3n) is 3.80. The van der Waals surface area contributed by atoms with Gasteiger partial charge >= 0.3 is 0 Å². The molecule has 6 heteroatoms. The van der Waals surface area contributed by atoms with Crippen molar-refractivity contribution in [2.45, 2.75) is 12.8 Å². The fourth-order valence-corrected chi connectivity index (χ4v) is 2.69. The average molecular weight is 285 g/mol. The molecule has 1 saturated heterocycles. The molecule has 0 bridgehead atoms. The number of rotatable bonds is 4. The maximum atomic E-state index is 11.9. The van der Waals surface area contributed by atoms with Gasteiger partial charge in [-0.1, -0.05) is 6.07 Å². The number of aromatic amines is 1. The fourth-order valence-electron chi connectivity index (χ4n) is 2.69. The molecule has 6 nitrogen and oxygen atoms in total. The topological polar surface area (TPSA) is 73.9 Å². The first-order valence-corrected chi connectivity index (χ1v) is 7.26. The zero-order valence-corrected chi connectivity index (χ0v) is 11.8. The van der Waals surface area contributed by atoms with Crippen molar-refractivity contribution in [1.29, 1.82) is 0 Å². The largest absolute Gasteiger partial charge is 0.356 e. The van der Waals surface area contributed by atoms with Gasteiger partial charge in [-0.25, -0.2) is 4.98 Å². The van der Waals surface area contributed by atoms with E-state index in [1.54, 1.807) is 6.20 Å². The Kier molecular flexibility index (Phi) is 4.14. The van der Waals surface area contributed by atoms with E-state index < -0.39 is 0 Å². The molecule has 0 spiro atoms. The molecule has 110 valence electrons. The Balaban J connectivity index is 1.53. The Morgan fingerprint density at radius 3 is 3.19 bits per heavy atom. The van der Waals surface area contributed by atoms with E-state index in [-0.39, 0.29) is 5.91 Å². The summed E-state index contributed by atoms with van der Waals surface area (Å²) < 4.78 is 0. The Hall–Kier alpha value is -2.37. The predicted molar refractivity (Wildman–Crippen MR) is 80.1 cm³/mol. The van der Waals surface area contributed by atoms with Crippen molar-refractivity contribution >= 4 is 11.7 Å². The van der Waals surface area contributed by atoms with Crippen molar-refractivity contribution in [2.75, 3.05) is 24.5 Å². The van der Waals surface area contributed by atoms with Gasteiger partial charge in [0.25, 0.3) is 5.91 Å². The second kappa shape index (κ2) is 6.39. The lowest BCUT2D eigenvalue weighted by Crippen LogP contribution is -2.41. The summed E-state index contributed by atoms with van der Waals surface area (Å²) in [5, 5.41) is 9.42. The zero-order chi connectivity index (χ0) is 14.5. The number of hydrogen-bond acceptors (Lipinski definition) is 4. The van der Waals surface area contributed by atoms with Gasteiger partial charge in [0.05, 0.1) is 11.8 Å². The summed E-state index contributed by atoms with van der Waals surface area (Å²) >= 11 is 0. The van der Waals surface area contributed by atoms with E-state index in [9.17, 15) is 4.79 Å². The van der Waals surface area contributed by atoms with Crippen molar-refractivity contribution in [3.8, 4) is 0 Å². The van der Waals surface area contributed by atoms with Gasteiger partial charge in [-0.3, -0.25) is 9.89 Å². The van der Waals surface area contributed by atoms with Gasteiger partial charge in [0.1, 0.15) is 5.82 Å². The highest BCUT2D eigenvalue weighted by Gasteiger charge is 2.21. The molecule has 0 saturated carbocycles. The van der Waals surface area contributed by atoms with Crippen LogP contribution in [-0.2, 0) is 0 Å². The predicted octanol–water partition coefficient (Wildman–Crippen LogP) is 1.45. The monoisotopic (exact) mass is 285 g/mol. The molecule has 21 heavy (non-hydrogen) atoms. The lowest BCUT2D eigenvalue weighted by atomic mass is 9.98. The van der Waals surface area contributed by atoms with Crippen LogP contribution < -0.4 is 10.2 Å². The van der Waals surface area contributed by atoms with Crippen LogP contribution in [0.3, 0.4) is 0 Å². The maximum absolute atomic E-state index is 11.9. The molecule has 1 unspecified atom stereocenters. The van der Waals surface area contributed by atoms with E-state index in [0.717, 1.165) is 31.7 Å². The van der Waals surface area contributed by atoms with Gasteiger partial charge in [-0.05, 0) is 30.9 Å². The van der Waals surface area contributed by atoms with Crippen LogP contribution in [0.15, 0.2) is 36.8 Å². The Morgan fingerprint density at radius 1 is 1.48 bits per heavy atom. The number of carbonyl (C=O) groups is 1. The molecule has 3 rings (SSSR count). The van der Waals surface area contributed by atoms with E-state index in [1.807, 2.05) is 24.4 Å². The maximum Gasteiger partial charge on any atom is 0.254 e. The number of nitrogens with zero attached hydrogens (tertiary/aromatic N) is 3. The number of anilines is 1. The number of carbonyl (C=O) groups excluding carboxylic acids is 1. The van der Waals surface area contributed by atoms with Gasteiger partial charge in [0, 0.05) is 32.0 Å². The minimum absolute atomic E-state index is 0.0706. The quantitative estimate of drug-likeness (QED) is 0.891. The van der Waals surface area contributed by atoms with E-state index >= 15 is 0 Å². The molecule has 1 amide bonds. The number of amides is 1. The minimum atomic E-state index is -0.0706. The standard InChI is InChI=1S/C15H19N5O/c21-15(13-9-18-19-10-13)17-8-12-4-3-7-20(11-12)14-5-1-2-6-16-14/h1-2,5-6,9-10,12H,3-4,7-8,11H2,(H,17,21)(H,18,19). The summed E-state index contributed by atoms with van der Waals surface area (Å²) in [7, 11) is 0. The first kappa shape index (κ1) is 13.6. The highest BCUT2D eigenvalue weighted by molar-refractivity contribution is 5.93. The van der Waals surface area contributed by atoms with E-state index in [1.165, 1.54) is 6.20 Å². The van der Waals surface area contributed by atoms with Crippen molar-refractivity contribution in [3.05, 3.63) is 42.4 Å². The van der Waals surface area contributed by atoms with Crippen LogP contribution >= 0.6 is 0 Å². The molecule has 0 aliphatic carbocycles. The molecule has 0 aromatic carbocycles. The minimum Gasteiger partial charge on any atom is -0.356 e. The number of pyridine rings is 1. The van der Waals surface area contributed by atoms with Crippen LogP contribution in [0, 0.1) is 5.92 Å². The summed E-state index contributed by atoms with van der Waals surface area (Å²) in [4.78, 5) is 18.6. The van der Waals surface area contributed by atoms with Gasteiger partial charge in [-0.2, -0.15) is 5.10 Å². The molecular weight excluding hydrogens is 266 g/mol. The lowest BCUT2D eigenvalue weighted by molar-refractivity contribution is 0.0945. The van der Waals surface area contributed by atoms with Gasteiger partial charge in [0.2, 0.25) is 0 Å². The molecule has 0 radical (unpaired) electrons. The number of nitrogens with one attached hydrogen (secondary N) is 2. The normalized spacial score (nSPS) is 18.5. The molecular formula is C15H19N5O. The summed E-state index contributed by atoms with van der Waals surface area (Å²) in [5.41, 5.74) is 0.576. The first-order valence-electron chi connectivity index (χ1n) is 7.26. The molecule has 1 aliphatic rings. The van der Waals surface area contributed by atoms with E-state index in [2.05, 4.69) is 25.4 Å². The summed E-state index contributed by atoms with van der Waals surface area (Å²) in [6, 6.07) is 5.97. The first-order chi connectivity index (χ1) is 10.3. The molecule has 1 fully saturated rings. The SMILES string of the molecule is O=C(NCC1CCCN(c2ccccn2)C1)c1cn[nH]c1. The van der Waals surface area contributed by atoms with Gasteiger partial charge < -0.3 is 10.2 Å². The molecule has 1 atom stereocenters. The van der Waals surface area contributed by atoms with Crippen LogP contribution in [-0.4, -0.2) is 40.7 Å². The number of hydrogen-bond donors (Lipinski definition) is 2. The third-order valence-corrected chi connectivity index (χ3v) is 3.80. The van der Waals surface area contributed by atoms with Crippen LogP contribution in [0.5, 0.6) is 0 Å². The lowest BCUT2D eigenvalue weighted by Gasteiger charge is -2.33. The van der Waals surface area contributed by atoms with E-state index in [0.29, 0.717) is 18.0 Å². The molecule has 3 heterocycles. The van der Waals surface area contributed by atoms with Gasteiger partial charge in [-0.15, -0.1) is 0 Å². The van der Waals surface area contributed by atoms with Crippen LogP contribution in [0.25, 0.3) is 0 Å². The third kappa shape index (κ3) is 3.39. The second-order valence-corrected chi connectivity index (χ2v) is 5.34. The van der Waals surface area contributed by atoms with Crippen LogP contribution in [0.4, 0.5) is 5.82 Å². The highest BCUT2D eigenvalue weighted by atomic mass is 16.1. The van der Waals surface area contributed by atoms with Crippen LogP contribution in [0.2, 0.25) is 0 Å². The average Bonchev–Trinajstić information content (AvgIpc) is 3.08. The Bertz CT molecular complexity index is 569. The second-order valence-electron chi connectivity index (χ2n) is 5.34. The number of aromatic nitrogens is 3. The van der Waals surface area contributed by atoms with E-state index in [4.69, 9.17) is 0 Å². The van der Waals surface area contributed by atoms with Gasteiger partial charge in [0.15, 0.2) is 0 Å². The van der Waals surface area contributed by atoms with Crippen molar-refractivity contribution in [3.63, 3.8) is 0 Å². The fraction of sp³-hybridized carbons (Fsp3) is 0.400. The molecule has 1 aliphatic heterocycles. The summed E-state index contributed by atoms with van der Waals surface area (Å²) in [6.07, 6.45) is 7.23. The number of H-pyrrole nitrogens is 1. The summed E-state index contributed by atoms with van der Waals surface area (Å²) in [6.45, 7) is 2.65. The Morgan fingerprint density at radius 2 is 2.43 bits per heavy atom. The number of piperidine rings is 1. The molecule has 2 N–H and O–H groups in total. The molecule has 2 aromatic heterocycles.